The predicted octanol–water partition coefficient (Wildman–Crippen LogP) is 3.05. The SMILES string of the molecule is COc1c(C)c(Br)cc(C)c1-c1cc(N)n[nH]1. The van der Waals surface area contributed by atoms with Crippen molar-refractivity contribution in [2.75, 3.05) is 12.8 Å². The van der Waals surface area contributed by atoms with Crippen molar-refractivity contribution in [3.63, 3.8) is 0 Å². The van der Waals surface area contributed by atoms with Crippen molar-refractivity contribution in [2.24, 2.45) is 0 Å². The fraction of sp³-hybridized carbons (Fsp3) is 0.250. The van der Waals surface area contributed by atoms with Crippen LogP contribution in [0.25, 0.3) is 11.3 Å². The van der Waals surface area contributed by atoms with Crippen molar-refractivity contribution in [2.45, 2.75) is 13.8 Å². The Morgan fingerprint density at radius 3 is 2.59 bits per heavy atom. The Labute approximate surface area is 108 Å². The van der Waals surface area contributed by atoms with E-state index in [1.807, 2.05) is 13.8 Å². The van der Waals surface area contributed by atoms with Gasteiger partial charge in [0.05, 0.1) is 12.8 Å². The van der Waals surface area contributed by atoms with E-state index in [-0.39, 0.29) is 0 Å². The smallest absolute Gasteiger partial charge is 0.145 e. The summed E-state index contributed by atoms with van der Waals surface area (Å²) in [6.45, 7) is 4.03. The van der Waals surface area contributed by atoms with Crippen molar-refractivity contribution >= 4 is 21.7 Å². The van der Waals surface area contributed by atoms with Gasteiger partial charge in [-0.1, -0.05) is 15.9 Å². The van der Waals surface area contributed by atoms with E-state index in [0.717, 1.165) is 32.6 Å². The maximum atomic E-state index is 5.63. The highest BCUT2D eigenvalue weighted by Crippen LogP contribution is 2.39. The zero-order chi connectivity index (χ0) is 12.6. The number of aryl methyl sites for hydroxylation is 1. The van der Waals surface area contributed by atoms with Crippen LogP contribution in [0, 0.1) is 13.8 Å². The van der Waals surface area contributed by atoms with Gasteiger partial charge in [-0.15, -0.1) is 0 Å². The molecule has 2 rings (SSSR count). The fourth-order valence-electron chi connectivity index (χ4n) is 1.90. The Balaban J connectivity index is 2.72. The largest absolute Gasteiger partial charge is 0.496 e. The number of halogens is 1. The molecule has 1 aromatic heterocycles. The summed E-state index contributed by atoms with van der Waals surface area (Å²) < 4.78 is 6.51. The standard InChI is InChI=1S/C12H14BrN3O/c1-6-4-8(13)7(2)12(17-3)11(6)9-5-10(14)16-15-9/h4-5H,1-3H3,(H3,14,15,16). The van der Waals surface area contributed by atoms with Gasteiger partial charge < -0.3 is 10.5 Å². The highest BCUT2D eigenvalue weighted by Gasteiger charge is 2.16. The fourth-order valence-corrected chi connectivity index (χ4v) is 2.42. The summed E-state index contributed by atoms with van der Waals surface area (Å²) in [6.07, 6.45) is 0. The molecular formula is C12H14BrN3O. The van der Waals surface area contributed by atoms with Gasteiger partial charge in [0.1, 0.15) is 11.6 Å². The number of hydrogen-bond acceptors (Lipinski definition) is 3. The molecule has 3 N–H and O–H groups in total. The predicted molar refractivity (Wildman–Crippen MR) is 72.2 cm³/mol. The van der Waals surface area contributed by atoms with Crippen molar-refractivity contribution in [3.8, 4) is 17.0 Å². The lowest BCUT2D eigenvalue weighted by molar-refractivity contribution is 0.412. The molecule has 2 aromatic rings. The zero-order valence-corrected chi connectivity index (χ0v) is 11.6. The van der Waals surface area contributed by atoms with E-state index in [4.69, 9.17) is 10.5 Å². The normalized spacial score (nSPS) is 10.6. The van der Waals surface area contributed by atoms with Crippen LogP contribution in [0.15, 0.2) is 16.6 Å². The lowest BCUT2D eigenvalue weighted by atomic mass is 10.0. The maximum Gasteiger partial charge on any atom is 0.145 e. The van der Waals surface area contributed by atoms with Crippen LogP contribution in [0.5, 0.6) is 5.75 Å². The molecule has 0 atom stereocenters. The second kappa shape index (κ2) is 4.41. The number of benzene rings is 1. The van der Waals surface area contributed by atoms with Crippen LogP contribution < -0.4 is 10.5 Å². The number of methoxy groups -OCH3 is 1. The van der Waals surface area contributed by atoms with Gasteiger partial charge in [0.15, 0.2) is 0 Å². The minimum atomic E-state index is 0.474. The third-order valence-corrected chi connectivity index (χ3v) is 3.56. The number of rotatable bonds is 2. The van der Waals surface area contributed by atoms with Crippen LogP contribution in [-0.2, 0) is 0 Å². The molecular weight excluding hydrogens is 282 g/mol. The van der Waals surface area contributed by atoms with Crippen LogP contribution in [0.2, 0.25) is 0 Å². The number of nitrogens with zero attached hydrogens (tertiary/aromatic N) is 1. The average Bonchev–Trinajstić information content (AvgIpc) is 2.69. The first-order valence-corrected chi connectivity index (χ1v) is 5.98. The molecule has 0 saturated heterocycles. The van der Waals surface area contributed by atoms with E-state index in [0.29, 0.717) is 5.82 Å². The number of aromatic nitrogens is 2. The van der Waals surface area contributed by atoms with Gasteiger partial charge in [0.2, 0.25) is 0 Å². The van der Waals surface area contributed by atoms with Crippen molar-refractivity contribution in [1.29, 1.82) is 0 Å². The van der Waals surface area contributed by atoms with Crippen molar-refractivity contribution < 1.29 is 4.74 Å². The van der Waals surface area contributed by atoms with E-state index in [9.17, 15) is 0 Å². The number of aromatic amines is 1. The first kappa shape index (κ1) is 12.0. The van der Waals surface area contributed by atoms with Crippen LogP contribution in [0.1, 0.15) is 11.1 Å². The van der Waals surface area contributed by atoms with Crippen LogP contribution in [-0.4, -0.2) is 17.3 Å². The highest BCUT2D eigenvalue weighted by molar-refractivity contribution is 9.10. The van der Waals surface area contributed by atoms with Gasteiger partial charge >= 0.3 is 0 Å². The molecule has 0 amide bonds. The number of hydrogen-bond donors (Lipinski definition) is 2. The zero-order valence-electron chi connectivity index (χ0n) is 9.97. The van der Waals surface area contributed by atoms with E-state index in [1.165, 1.54) is 0 Å². The number of ether oxygens (including phenoxy) is 1. The van der Waals surface area contributed by atoms with Crippen LogP contribution >= 0.6 is 15.9 Å². The molecule has 1 aromatic carbocycles. The number of nitrogens with one attached hydrogen (secondary N) is 1. The van der Waals surface area contributed by atoms with E-state index >= 15 is 0 Å². The molecule has 0 unspecified atom stereocenters. The van der Waals surface area contributed by atoms with Gasteiger partial charge in [-0.25, -0.2) is 0 Å². The molecule has 0 fully saturated rings. The first-order valence-electron chi connectivity index (χ1n) is 5.19. The number of H-pyrrole nitrogens is 1. The molecule has 0 saturated carbocycles. The summed E-state index contributed by atoms with van der Waals surface area (Å²) in [4.78, 5) is 0. The Kier molecular flexibility index (Phi) is 3.11. The Bertz CT molecular complexity index is 563. The van der Waals surface area contributed by atoms with Gasteiger partial charge in [-0.05, 0) is 25.5 Å². The molecule has 0 radical (unpaired) electrons. The summed E-state index contributed by atoms with van der Waals surface area (Å²) in [5.41, 5.74) is 9.66. The lowest BCUT2D eigenvalue weighted by Crippen LogP contribution is -1.95. The summed E-state index contributed by atoms with van der Waals surface area (Å²) in [6, 6.07) is 3.86. The van der Waals surface area contributed by atoms with Gasteiger partial charge in [-0.2, -0.15) is 5.10 Å². The quantitative estimate of drug-likeness (QED) is 0.895. The molecule has 0 aliphatic carbocycles. The van der Waals surface area contributed by atoms with E-state index in [1.54, 1.807) is 13.2 Å². The van der Waals surface area contributed by atoms with Crippen LogP contribution in [0.4, 0.5) is 5.82 Å². The second-order valence-electron chi connectivity index (χ2n) is 3.92. The number of anilines is 1. The monoisotopic (exact) mass is 295 g/mol. The first-order chi connectivity index (χ1) is 8.04. The summed E-state index contributed by atoms with van der Waals surface area (Å²) in [7, 11) is 1.66. The molecule has 0 aliphatic heterocycles. The second-order valence-corrected chi connectivity index (χ2v) is 4.77. The van der Waals surface area contributed by atoms with Gasteiger partial charge in [-0.3, -0.25) is 5.10 Å². The third-order valence-electron chi connectivity index (χ3n) is 2.73. The third kappa shape index (κ3) is 2.02. The van der Waals surface area contributed by atoms with Gasteiger partial charge in [0.25, 0.3) is 0 Å². The molecule has 17 heavy (non-hydrogen) atoms. The molecule has 0 bridgehead atoms. The molecule has 0 aliphatic rings. The number of nitrogen functional groups attached to an aromatic ring is 1. The molecule has 0 spiro atoms. The molecule has 1 heterocycles. The summed E-state index contributed by atoms with van der Waals surface area (Å²) >= 11 is 3.52. The van der Waals surface area contributed by atoms with Gasteiger partial charge in [0, 0.05) is 21.7 Å². The Hall–Kier alpha value is -1.49. The van der Waals surface area contributed by atoms with E-state index in [2.05, 4.69) is 32.2 Å². The topological polar surface area (TPSA) is 63.9 Å². The lowest BCUT2D eigenvalue weighted by Gasteiger charge is -2.14. The minimum Gasteiger partial charge on any atom is -0.496 e. The van der Waals surface area contributed by atoms with E-state index < -0.39 is 0 Å². The molecule has 4 nitrogen and oxygen atoms in total. The minimum absolute atomic E-state index is 0.474. The maximum absolute atomic E-state index is 5.63. The summed E-state index contributed by atoms with van der Waals surface area (Å²) in [5.74, 6) is 1.31. The molecule has 5 heteroatoms. The Morgan fingerprint density at radius 2 is 2.06 bits per heavy atom. The summed E-state index contributed by atoms with van der Waals surface area (Å²) in [5, 5.41) is 6.86. The number of nitrogens with two attached hydrogens (primary N) is 1. The van der Waals surface area contributed by atoms with Crippen molar-refractivity contribution in [3.05, 3.63) is 27.7 Å². The van der Waals surface area contributed by atoms with Crippen LogP contribution in [0.3, 0.4) is 0 Å². The average molecular weight is 296 g/mol. The Morgan fingerprint density at radius 1 is 1.35 bits per heavy atom. The molecule has 90 valence electrons. The highest BCUT2D eigenvalue weighted by atomic mass is 79.9. The van der Waals surface area contributed by atoms with Crippen molar-refractivity contribution in [1.82, 2.24) is 10.2 Å².